The van der Waals surface area contributed by atoms with E-state index in [0.717, 1.165) is 62.2 Å². The summed E-state index contributed by atoms with van der Waals surface area (Å²) >= 11 is 0. The largest absolute Gasteiger partial charge is 0.379 e. The average molecular weight is 340 g/mol. The Morgan fingerprint density at radius 1 is 1.12 bits per heavy atom. The van der Waals surface area contributed by atoms with Crippen LogP contribution >= 0.6 is 0 Å². The lowest BCUT2D eigenvalue weighted by Crippen LogP contribution is -2.46. The van der Waals surface area contributed by atoms with Gasteiger partial charge < -0.3 is 10.1 Å². The fourth-order valence-corrected chi connectivity index (χ4v) is 3.98. The SMILES string of the molecule is O=Cc1ccc2ncnc(NC3CCC(N4CCOCC4)CC3)c2c1. The van der Waals surface area contributed by atoms with E-state index in [4.69, 9.17) is 4.74 Å². The smallest absolute Gasteiger partial charge is 0.150 e. The highest BCUT2D eigenvalue weighted by molar-refractivity contribution is 5.93. The van der Waals surface area contributed by atoms with Crippen molar-refractivity contribution < 1.29 is 9.53 Å². The second-order valence-corrected chi connectivity index (χ2v) is 6.91. The molecular weight excluding hydrogens is 316 g/mol. The van der Waals surface area contributed by atoms with Crippen molar-refractivity contribution in [3.05, 3.63) is 30.1 Å². The van der Waals surface area contributed by atoms with Crippen LogP contribution < -0.4 is 5.32 Å². The van der Waals surface area contributed by atoms with Crippen LogP contribution in [0, 0.1) is 0 Å². The standard InChI is InChI=1S/C19H24N4O2/c24-12-14-1-6-18-17(11-14)19(21-13-20-18)22-15-2-4-16(5-3-15)23-7-9-25-10-8-23/h1,6,11-13,15-16H,2-5,7-10H2,(H,20,21,22). The number of aromatic nitrogens is 2. The molecule has 132 valence electrons. The van der Waals surface area contributed by atoms with Crippen LogP contribution in [0.5, 0.6) is 0 Å². The molecule has 1 aliphatic heterocycles. The molecule has 0 atom stereocenters. The third kappa shape index (κ3) is 3.65. The molecule has 2 aromatic rings. The summed E-state index contributed by atoms with van der Waals surface area (Å²) in [6.45, 7) is 3.86. The van der Waals surface area contributed by atoms with Crippen molar-refractivity contribution in [2.75, 3.05) is 31.6 Å². The topological polar surface area (TPSA) is 67.4 Å². The van der Waals surface area contributed by atoms with Crippen LogP contribution in [0.2, 0.25) is 0 Å². The van der Waals surface area contributed by atoms with E-state index in [1.165, 1.54) is 12.8 Å². The van der Waals surface area contributed by atoms with E-state index in [2.05, 4.69) is 20.2 Å². The van der Waals surface area contributed by atoms with E-state index in [1.807, 2.05) is 12.1 Å². The van der Waals surface area contributed by atoms with Gasteiger partial charge in [-0.15, -0.1) is 0 Å². The van der Waals surface area contributed by atoms with Gasteiger partial charge in [-0.1, -0.05) is 0 Å². The molecule has 0 unspecified atom stereocenters. The predicted molar refractivity (Wildman–Crippen MR) is 97.0 cm³/mol. The van der Waals surface area contributed by atoms with E-state index < -0.39 is 0 Å². The number of anilines is 1. The third-order valence-electron chi connectivity index (χ3n) is 5.40. The zero-order valence-electron chi connectivity index (χ0n) is 14.4. The lowest BCUT2D eigenvalue weighted by atomic mass is 9.90. The Balaban J connectivity index is 1.43. The Kier molecular flexibility index (Phi) is 4.90. The number of ether oxygens (including phenoxy) is 1. The van der Waals surface area contributed by atoms with Crippen LogP contribution in [-0.2, 0) is 4.74 Å². The summed E-state index contributed by atoms with van der Waals surface area (Å²) in [7, 11) is 0. The number of hydrogen-bond donors (Lipinski definition) is 1. The summed E-state index contributed by atoms with van der Waals surface area (Å²) in [5, 5.41) is 4.51. The quantitative estimate of drug-likeness (QED) is 0.863. The highest BCUT2D eigenvalue weighted by Crippen LogP contribution is 2.28. The Hall–Kier alpha value is -2.05. The zero-order chi connectivity index (χ0) is 17.1. The molecule has 6 heteroatoms. The number of nitrogens with one attached hydrogen (secondary N) is 1. The van der Waals surface area contributed by atoms with Crippen molar-refractivity contribution in [1.82, 2.24) is 14.9 Å². The molecule has 25 heavy (non-hydrogen) atoms. The lowest BCUT2D eigenvalue weighted by Gasteiger charge is -2.39. The Morgan fingerprint density at radius 3 is 2.68 bits per heavy atom. The molecule has 0 amide bonds. The summed E-state index contributed by atoms with van der Waals surface area (Å²) < 4.78 is 5.46. The van der Waals surface area contributed by atoms with Gasteiger partial charge in [-0.25, -0.2) is 9.97 Å². The minimum atomic E-state index is 0.426. The van der Waals surface area contributed by atoms with Gasteiger partial charge in [0.05, 0.1) is 18.7 Å². The van der Waals surface area contributed by atoms with Crippen LogP contribution in [0.1, 0.15) is 36.0 Å². The number of morpholine rings is 1. The first-order valence-electron chi connectivity index (χ1n) is 9.12. The van der Waals surface area contributed by atoms with Gasteiger partial charge in [0.1, 0.15) is 18.4 Å². The summed E-state index contributed by atoms with van der Waals surface area (Å²) in [6, 6.07) is 6.64. The molecule has 0 spiro atoms. The molecule has 0 radical (unpaired) electrons. The van der Waals surface area contributed by atoms with Gasteiger partial charge in [0, 0.05) is 36.1 Å². The van der Waals surface area contributed by atoms with Gasteiger partial charge in [0.15, 0.2) is 0 Å². The van der Waals surface area contributed by atoms with Crippen molar-refractivity contribution in [3.63, 3.8) is 0 Å². The summed E-state index contributed by atoms with van der Waals surface area (Å²) in [5.74, 6) is 0.837. The molecule has 1 aromatic carbocycles. The van der Waals surface area contributed by atoms with Crippen molar-refractivity contribution in [2.45, 2.75) is 37.8 Å². The molecule has 2 aliphatic rings. The highest BCUT2D eigenvalue weighted by Gasteiger charge is 2.27. The van der Waals surface area contributed by atoms with E-state index in [9.17, 15) is 4.79 Å². The minimum absolute atomic E-state index is 0.426. The van der Waals surface area contributed by atoms with Crippen molar-refractivity contribution in [1.29, 1.82) is 0 Å². The maximum atomic E-state index is 11.1. The lowest BCUT2D eigenvalue weighted by molar-refractivity contribution is 0.00791. The summed E-state index contributed by atoms with van der Waals surface area (Å²) in [5.41, 5.74) is 1.52. The third-order valence-corrected chi connectivity index (χ3v) is 5.40. The zero-order valence-corrected chi connectivity index (χ0v) is 14.4. The average Bonchev–Trinajstić information content (AvgIpc) is 2.69. The summed E-state index contributed by atoms with van der Waals surface area (Å²) in [6.07, 6.45) is 7.15. The molecule has 1 N–H and O–H groups in total. The van der Waals surface area contributed by atoms with Crippen LogP contribution in [0.25, 0.3) is 10.9 Å². The first kappa shape index (κ1) is 16.4. The van der Waals surface area contributed by atoms with Gasteiger partial charge in [-0.05, 0) is 43.9 Å². The minimum Gasteiger partial charge on any atom is -0.379 e. The maximum absolute atomic E-state index is 11.1. The maximum Gasteiger partial charge on any atom is 0.150 e. The van der Waals surface area contributed by atoms with Crippen LogP contribution in [0.15, 0.2) is 24.5 Å². The molecule has 2 fully saturated rings. The number of benzene rings is 1. The highest BCUT2D eigenvalue weighted by atomic mass is 16.5. The Morgan fingerprint density at radius 2 is 1.92 bits per heavy atom. The molecule has 1 aliphatic carbocycles. The van der Waals surface area contributed by atoms with Crippen molar-refractivity contribution in [2.24, 2.45) is 0 Å². The number of nitrogens with zero attached hydrogens (tertiary/aromatic N) is 3. The molecule has 1 saturated heterocycles. The number of fused-ring (bicyclic) bond motifs is 1. The molecule has 2 heterocycles. The first-order valence-corrected chi connectivity index (χ1v) is 9.12. The molecule has 1 aromatic heterocycles. The number of hydrogen-bond acceptors (Lipinski definition) is 6. The van der Waals surface area contributed by atoms with Crippen LogP contribution in [-0.4, -0.2) is 59.5 Å². The van der Waals surface area contributed by atoms with Crippen molar-refractivity contribution >= 4 is 23.0 Å². The van der Waals surface area contributed by atoms with Gasteiger partial charge in [0.2, 0.25) is 0 Å². The molecule has 6 nitrogen and oxygen atoms in total. The molecule has 0 bridgehead atoms. The second kappa shape index (κ2) is 7.45. The number of carbonyl (C=O) groups is 1. The number of aldehydes is 1. The van der Waals surface area contributed by atoms with Crippen LogP contribution in [0.4, 0.5) is 5.82 Å². The molecule has 4 rings (SSSR count). The fourth-order valence-electron chi connectivity index (χ4n) is 3.98. The van der Waals surface area contributed by atoms with E-state index in [0.29, 0.717) is 17.6 Å². The molecule has 1 saturated carbocycles. The van der Waals surface area contributed by atoms with Gasteiger partial charge in [-0.3, -0.25) is 9.69 Å². The van der Waals surface area contributed by atoms with E-state index >= 15 is 0 Å². The first-order chi connectivity index (χ1) is 12.3. The van der Waals surface area contributed by atoms with E-state index in [1.54, 1.807) is 12.4 Å². The number of rotatable bonds is 4. The van der Waals surface area contributed by atoms with E-state index in [-0.39, 0.29) is 0 Å². The normalized spacial score (nSPS) is 25.0. The predicted octanol–water partition coefficient (Wildman–Crippen LogP) is 2.50. The Labute approximate surface area is 147 Å². The van der Waals surface area contributed by atoms with Gasteiger partial charge in [-0.2, -0.15) is 0 Å². The van der Waals surface area contributed by atoms with Gasteiger partial charge in [0.25, 0.3) is 0 Å². The molecular formula is C19H24N4O2. The number of carbonyl (C=O) groups excluding carboxylic acids is 1. The van der Waals surface area contributed by atoms with Crippen LogP contribution in [0.3, 0.4) is 0 Å². The Bertz CT molecular complexity index is 737. The monoisotopic (exact) mass is 340 g/mol. The van der Waals surface area contributed by atoms with Crippen molar-refractivity contribution in [3.8, 4) is 0 Å². The summed E-state index contributed by atoms with van der Waals surface area (Å²) in [4.78, 5) is 22.4. The fraction of sp³-hybridized carbons (Fsp3) is 0.526. The second-order valence-electron chi connectivity index (χ2n) is 6.91. The van der Waals surface area contributed by atoms with Gasteiger partial charge >= 0.3 is 0 Å².